The molecular formula is C18H26N2. The first-order valence-corrected chi connectivity index (χ1v) is 7.14. The first-order chi connectivity index (χ1) is 9.00. The minimum absolute atomic E-state index is 0.0782. The average molecular weight is 272 g/mol. The van der Waals surface area contributed by atoms with Crippen molar-refractivity contribution < 1.29 is 0 Å². The molecule has 0 atom stereocenters. The Balaban J connectivity index is 2.81. The molecule has 108 valence electrons. The maximum atomic E-state index is 6.23. The molecule has 2 rings (SSSR count). The minimum atomic E-state index is 0.0782. The Labute approximate surface area is 122 Å². The summed E-state index contributed by atoms with van der Waals surface area (Å²) in [5.41, 5.74) is 16.6. The smallest absolute Gasteiger partial charge is 0.0417 e. The molecule has 0 unspecified atom stereocenters. The summed E-state index contributed by atoms with van der Waals surface area (Å²) in [5.74, 6) is 0. The van der Waals surface area contributed by atoms with E-state index in [2.05, 4.69) is 65.8 Å². The van der Waals surface area contributed by atoms with Crippen LogP contribution in [-0.2, 0) is 10.8 Å². The fourth-order valence-electron chi connectivity index (χ4n) is 2.45. The summed E-state index contributed by atoms with van der Waals surface area (Å²) in [6.07, 6.45) is 0. The number of benzene rings is 2. The Kier molecular flexibility index (Phi) is 3.24. The summed E-state index contributed by atoms with van der Waals surface area (Å²) in [7, 11) is 0. The molecule has 0 bridgehead atoms. The predicted octanol–water partition coefficient (Wildman–Crippen LogP) is 4.60. The number of fused-ring (bicyclic) bond motifs is 1. The fourth-order valence-corrected chi connectivity index (χ4v) is 2.45. The Hall–Kier alpha value is -1.70. The van der Waals surface area contributed by atoms with Crippen LogP contribution in [0.5, 0.6) is 0 Å². The monoisotopic (exact) mass is 272 g/mol. The lowest BCUT2D eigenvalue weighted by Gasteiger charge is -2.24. The van der Waals surface area contributed by atoms with Crippen molar-refractivity contribution in [2.45, 2.75) is 52.4 Å². The van der Waals surface area contributed by atoms with E-state index in [4.69, 9.17) is 11.5 Å². The summed E-state index contributed by atoms with van der Waals surface area (Å²) in [6.45, 7) is 13.2. The van der Waals surface area contributed by atoms with Crippen LogP contribution in [0.15, 0.2) is 24.3 Å². The van der Waals surface area contributed by atoms with Gasteiger partial charge in [-0.05, 0) is 39.5 Å². The first-order valence-electron chi connectivity index (χ1n) is 7.14. The third kappa shape index (κ3) is 2.60. The van der Waals surface area contributed by atoms with Crippen molar-refractivity contribution in [1.82, 2.24) is 0 Å². The summed E-state index contributed by atoms with van der Waals surface area (Å²) in [5, 5.41) is 2.12. The molecule has 20 heavy (non-hydrogen) atoms. The third-order valence-corrected chi connectivity index (χ3v) is 3.84. The van der Waals surface area contributed by atoms with Gasteiger partial charge in [-0.25, -0.2) is 0 Å². The molecule has 0 heterocycles. The van der Waals surface area contributed by atoms with E-state index in [0.717, 1.165) is 22.1 Å². The second-order valence-corrected chi connectivity index (χ2v) is 7.73. The lowest BCUT2D eigenvalue weighted by atomic mass is 9.82. The predicted molar refractivity (Wildman–Crippen MR) is 90.2 cm³/mol. The van der Waals surface area contributed by atoms with Crippen LogP contribution in [0, 0.1) is 0 Å². The topological polar surface area (TPSA) is 52.0 Å². The SMILES string of the molecule is CC(C)(C)c1cc([15NH2])c2c([15NH2])cc(C(C)(C)C)cc2c1. The Bertz CT molecular complexity index is 601. The molecule has 0 spiro atoms. The Morgan fingerprint density at radius 3 is 1.30 bits per heavy atom. The van der Waals surface area contributed by atoms with E-state index >= 15 is 0 Å². The van der Waals surface area contributed by atoms with Gasteiger partial charge in [-0.3, -0.25) is 0 Å². The number of rotatable bonds is 0. The second-order valence-electron chi connectivity index (χ2n) is 7.73. The van der Waals surface area contributed by atoms with Crippen LogP contribution < -0.4 is 11.5 Å². The molecule has 0 radical (unpaired) electrons. The van der Waals surface area contributed by atoms with Crippen LogP contribution in [0.1, 0.15) is 52.7 Å². The molecule has 0 amide bonds. The molecule has 0 fully saturated rings. The molecule has 2 aromatic carbocycles. The second kappa shape index (κ2) is 4.41. The van der Waals surface area contributed by atoms with Crippen LogP contribution in [-0.4, -0.2) is 0 Å². The van der Waals surface area contributed by atoms with Gasteiger partial charge in [-0.2, -0.15) is 0 Å². The lowest BCUT2D eigenvalue weighted by Crippen LogP contribution is -2.13. The summed E-state index contributed by atoms with van der Waals surface area (Å²) >= 11 is 0. The zero-order chi connectivity index (χ0) is 15.3. The van der Waals surface area contributed by atoms with Crippen LogP contribution in [0.3, 0.4) is 0 Å². The molecule has 0 aliphatic heterocycles. The zero-order valence-electron chi connectivity index (χ0n) is 13.5. The molecule has 0 aliphatic rings. The summed E-state index contributed by atoms with van der Waals surface area (Å²) in [4.78, 5) is 0. The van der Waals surface area contributed by atoms with Gasteiger partial charge in [-0.1, -0.05) is 53.7 Å². The van der Waals surface area contributed by atoms with E-state index in [0.29, 0.717) is 0 Å². The maximum absolute atomic E-state index is 6.23. The van der Waals surface area contributed by atoms with Gasteiger partial charge in [0.1, 0.15) is 0 Å². The van der Waals surface area contributed by atoms with E-state index in [1.807, 2.05) is 0 Å². The Morgan fingerprint density at radius 2 is 1.00 bits per heavy atom. The van der Waals surface area contributed by atoms with Gasteiger partial charge in [0.2, 0.25) is 0 Å². The van der Waals surface area contributed by atoms with Crippen LogP contribution in [0.25, 0.3) is 10.8 Å². The minimum Gasteiger partial charge on any atom is -0.398 e. The molecule has 2 heteroatoms. The Morgan fingerprint density at radius 1 is 0.650 bits per heavy atom. The van der Waals surface area contributed by atoms with Gasteiger partial charge in [0.15, 0.2) is 0 Å². The van der Waals surface area contributed by atoms with Crippen molar-refractivity contribution in [2.75, 3.05) is 11.5 Å². The molecule has 2 nitrogen and oxygen atoms in total. The molecular weight excluding hydrogens is 246 g/mol. The highest BCUT2D eigenvalue weighted by Gasteiger charge is 2.19. The van der Waals surface area contributed by atoms with Gasteiger partial charge < -0.3 is 11.5 Å². The molecule has 2 aromatic rings. The van der Waals surface area contributed by atoms with Crippen molar-refractivity contribution >= 4 is 22.1 Å². The van der Waals surface area contributed by atoms with Gasteiger partial charge >= 0.3 is 0 Å². The highest BCUT2D eigenvalue weighted by Crippen LogP contribution is 2.36. The van der Waals surface area contributed by atoms with Crippen molar-refractivity contribution in [3.63, 3.8) is 0 Å². The number of hydrogen-bond acceptors (Lipinski definition) is 2. The van der Waals surface area contributed by atoms with E-state index in [1.54, 1.807) is 0 Å². The highest BCUT2D eigenvalue weighted by atomic mass is 15.4. The van der Waals surface area contributed by atoms with Crippen LogP contribution in [0.4, 0.5) is 11.4 Å². The van der Waals surface area contributed by atoms with Gasteiger partial charge in [0.25, 0.3) is 0 Å². The fraction of sp³-hybridized carbons (Fsp3) is 0.444. The standard InChI is InChI=1S/C18H26N2/c1-17(2,3)12-7-11-8-13(18(4,5)6)10-15(20)16(11)14(19)9-12/h7-10H,19-20H2,1-6H3/i19+1,20+1. The maximum Gasteiger partial charge on any atom is 0.0417 e. The van der Waals surface area contributed by atoms with Gasteiger partial charge in [0.05, 0.1) is 0 Å². The van der Waals surface area contributed by atoms with E-state index in [1.165, 1.54) is 11.1 Å². The zero-order valence-corrected chi connectivity index (χ0v) is 13.5. The summed E-state index contributed by atoms with van der Waals surface area (Å²) < 4.78 is 0. The van der Waals surface area contributed by atoms with Crippen LogP contribution in [0.2, 0.25) is 0 Å². The normalized spacial score (nSPS) is 12.9. The van der Waals surface area contributed by atoms with E-state index in [-0.39, 0.29) is 10.8 Å². The van der Waals surface area contributed by atoms with E-state index in [9.17, 15) is 0 Å². The quantitative estimate of drug-likeness (QED) is 0.544. The molecule has 0 saturated heterocycles. The van der Waals surface area contributed by atoms with Gasteiger partial charge in [0, 0.05) is 16.8 Å². The van der Waals surface area contributed by atoms with Crippen molar-refractivity contribution in [1.29, 1.82) is 0 Å². The number of nitrogen functional groups attached to an aromatic ring is 2. The first kappa shape index (κ1) is 14.7. The van der Waals surface area contributed by atoms with Crippen molar-refractivity contribution in [2.24, 2.45) is 0 Å². The number of anilines is 2. The number of nitrogens with two attached hydrogens (primary N) is 2. The van der Waals surface area contributed by atoms with Crippen LogP contribution >= 0.6 is 0 Å². The summed E-state index contributed by atoms with van der Waals surface area (Å²) in [6, 6.07) is 8.54. The highest BCUT2D eigenvalue weighted by molar-refractivity contribution is 6.02. The van der Waals surface area contributed by atoms with Crippen molar-refractivity contribution in [3.8, 4) is 0 Å². The lowest BCUT2D eigenvalue weighted by molar-refractivity contribution is 0.589. The molecule has 0 aromatic heterocycles. The van der Waals surface area contributed by atoms with Gasteiger partial charge in [-0.15, -0.1) is 0 Å². The molecule has 0 saturated carbocycles. The average Bonchev–Trinajstić information content (AvgIpc) is 2.25. The number of hydrogen-bond donors (Lipinski definition) is 2. The third-order valence-electron chi connectivity index (χ3n) is 3.84. The van der Waals surface area contributed by atoms with Crippen molar-refractivity contribution in [3.05, 3.63) is 35.4 Å². The molecule has 4 N–H and O–H groups in total. The van der Waals surface area contributed by atoms with E-state index < -0.39 is 0 Å². The molecule has 0 aliphatic carbocycles. The largest absolute Gasteiger partial charge is 0.398 e.